The fraction of sp³-hybridized carbons (Fsp3) is 0. The Kier molecular flexibility index (Phi) is 3.96. The summed E-state index contributed by atoms with van der Waals surface area (Å²) in [6.07, 6.45) is 0. The monoisotopic (exact) mass is 377 g/mol. The maximum Gasteiger partial charge on any atom is 0.266 e. The molecule has 0 bridgehead atoms. The van der Waals surface area contributed by atoms with E-state index in [4.69, 9.17) is 0 Å². The highest BCUT2D eigenvalue weighted by atomic mass is 79.9. The van der Waals surface area contributed by atoms with Gasteiger partial charge >= 0.3 is 0 Å². The third-order valence-electron chi connectivity index (χ3n) is 2.00. The van der Waals surface area contributed by atoms with Gasteiger partial charge in [-0.15, -0.1) is 11.3 Å². The summed E-state index contributed by atoms with van der Waals surface area (Å²) in [5.74, 6) is -0.578. The van der Waals surface area contributed by atoms with Gasteiger partial charge in [0.2, 0.25) is 0 Å². The van der Waals surface area contributed by atoms with E-state index in [2.05, 4.69) is 37.2 Å². The Hall–Kier alpha value is -0.720. The van der Waals surface area contributed by atoms with Gasteiger partial charge in [-0.25, -0.2) is 4.39 Å². The van der Waals surface area contributed by atoms with Gasteiger partial charge in [0.05, 0.1) is 4.47 Å². The molecule has 2 aromatic rings. The molecule has 0 spiro atoms. The molecule has 2 rings (SSSR count). The van der Waals surface area contributed by atoms with Crippen molar-refractivity contribution in [3.63, 3.8) is 0 Å². The molecule has 6 heteroatoms. The minimum Gasteiger partial charge on any atom is -0.321 e. The van der Waals surface area contributed by atoms with Gasteiger partial charge in [0.15, 0.2) is 0 Å². The van der Waals surface area contributed by atoms with E-state index in [0.29, 0.717) is 15.0 Å². The quantitative estimate of drug-likeness (QED) is 0.808. The van der Waals surface area contributed by atoms with Crippen LogP contribution >= 0.6 is 43.2 Å². The smallest absolute Gasteiger partial charge is 0.266 e. The third kappa shape index (κ3) is 2.94. The topological polar surface area (TPSA) is 29.1 Å². The van der Waals surface area contributed by atoms with Gasteiger partial charge in [-0.1, -0.05) is 0 Å². The number of rotatable bonds is 2. The predicted octanol–water partition coefficient (Wildman–Crippen LogP) is 4.66. The Morgan fingerprint density at radius 1 is 1.24 bits per heavy atom. The lowest BCUT2D eigenvalue weighted by atomic mass is 10.3. The predicted molar refractivity (Wildman–Crippen MR) is 74.1 cm³/mol. The Bertz CT molecular complexity index is 570. The van der Waals surface area contributed by atoms with Gasteiger partial charge in [-0.05, 0) is 61.5 Å². The van der Waals surface area contributed by atoms with Gasteiger partial charge in [-0.2, -0.15) is 0 Å². The van der Waals surface area contributed by atoms with Crippen LogP contribution in [-0.4, -0.2) is 5.91 Å². The van der Waals surface area contributed by atoms with Crippen LogP contribution in [0.5, 0.6) is 0 Å². The molecule has 0 atom stereocenters. The first-order valence-electron chi connectivity index (χ1n) is 4.57. The minimum absolute atomic E-state index is 0.217. The molecule has 0 aliphatic rings. The molecule has 0 aliphatic carbocycles. The normalized spacial score (nSPS) is 10.3. The lowest BCUT2D eigenvalue weighted by Crippen LogP contribution is -2.10. The Morgan fingerprint density at radius 3 is 2.59 bits per heavy atom. The first-order valence-corrected chi connectivity index (χ1v) is 7.04. The van der Waals surface area contributed by atoms with Crippen molar-refractivity contribution in [2.24, 2.45) is 0 Å². The zero-order valence-corrected chi connectivity index (χ0v) is 12.3. The molecule has 0 unspecified atom stereocenters. The molecule has 1 aromatic heterocycles. The molecule has 1 heterocycles. The van der Waals surface area contributed by atoms with E-state index in [-0.39, 0.29) is 11.7 Å². The number of hydrogen-bond donors (Lipinski definition) is 1. The molecule has 17 heavy (non-hydrogen) atoms. The van der Waals surface area contributed by atoms with Crippen molar-refractivity contribution < 1.29 is 9.18 Å². The van der Waals surface area contributed by atoms with E-state index in [9.17, 15) is 9.18 Å². The molecular weight excluding hydrogens is 373 g/mol. The van der Waals surface area contributed by atoms with Crippen molar-refractivity contribution in [1.82, 2.24) is 0 Å². The van der Waals surface area contributed by atoms with Gasteiger partial charge in [0.1, 0.15) is 10.7 Å². The van der Waals surface area contributed by atoms with Gasteiger partial charge in [0, 0.05) is 10.2 Å². The summed E-state index contributed by atoms with van der Waals surface area (Å²) in [6, 6.07) is 6.14. The van der Waals surface area contributed by atoms with Crippen molar-refractivity contribution >= 4 is 54.8 Å². The Balaban J connectivity index is 2.19. The van der Waals surface area contributed by atoms with Gasteiger partial charge in [-0.3, -0.25) is 4.79 Å². The largest absolute Gasteiger partial charge is 0.321 e. The van der Waals surface area contributed by atoms with Crippen LogP contribution in [0.4, 0.5) is 10.1 Å². The van der Waals surface area contributed by atoms with E-state index in [1.54, 1.807) is 6.07 Å². The third-order valence-corrected chi connectivity index (χ3v) is 4.45. The number of carbonyl (C=O) groups is 1. The van der Waals surface area contributed by atoms with E-state index in [1.165, 1.54) is 29.5 Å². The summed E-state index contributed by atoms with van der Waals surface area (Å²) in [5, 5.41) is 4.52. The van der Waals surface area contributed by atoms with E-state index < -0.39 is 0 Å². The number of thiophene rings is 1. The highest BCUT2D eigenvalue weighted by Crippen LogP contribution is 2.25. The van der Waals surface area contributed by atoms with Crippen molar-refractivity contribution in [2.75, 3.05) is 5.32 Å². The SMILES string of the molecule is O=C(Nc1ccc(F)c(Br)c1)c1sccc1Br. The maximum atomic E-state index is 13.0. The van der Waals surface area contributed by atoms with Crippen molar-refractivity contribution in [3.05, 3.63) is 49.3 Å². The number of amides is 1. The van der Waals surface area contributed by atoms with Crippen LogP contribution in [0.15, 0.2) is 38.6 Å². The number of carbonyl (C=O) groups excluding carboxylic acids is 1. The minimum atomic E-state index is -0.361. The van der Waals surface area contributed by atoms with Gasteiger partial charge in [0.25, 0.3) is 5.91 Å². The van der Waals surface area contributed by atoms with Crippen LogP contribution in [0.2, 0.25) is 0 Å². The van der Waals surface area contributed by atoms with E-state index in [1.807, 2.05) is 5.38 Å². The molecule has 1 aromatic carbocycles. The summed E-state index contributed by atoms with van der Waals surface area (Å²) in [7, 11) is 0. The Morgan fingerprint density at radius 2 is 2.00 bits per heavy atom. The lowest BCUT2D eigenvalue weighted by Gasteiger charge is -2.05. The number of hydrogen-bond acceptors (Lipinski definition) is 2. The average molecular weight is 379 g/mol. The summed E-state index contributed by atoms with van der Waals surface area (Å²) in [4.78, 5) is 12.4. The van der Waals surface area contributed by atoms with Crippen LogP contribution in [0.1, 0.15) is 9.67 Å². The maximum absolute atomic E-state index is 13.0. The van der Waals surface area contributed by atoms with E-state index in [0.717, 1.165) is 4.47 Å². The number of nitrogens with one attached hydrogen (secondary N) is 1. The first-order chi connectivity index (χ1) is 8.08. The molecule has 0 radical (unpaired) electrons. The summed E-state index contributed by atoms with van der Waals surface area (Å²) in [5.41, 5.74) is 0.545. The standard InChI is InChI=1S/C11H6Br2FNOS/c12-7-3-4-17-10(7)11(16)15-6-1-2-9(14)8(13)5-6/h1-5H,(H,15,16). The highest BCUT2D eigenvalue weighted by molar-refractivity contribution is 9.10. The zero-order chi connectivity index (χ0) is 12.4. The average Bonchev–Trinajstić information content (AvgIpc) is 2.70. The molecule has 2 nitrogen and oxygen atoms in total. The Labute approximate surface area is 118 Å². The fourth-order valence-electron chi connectivity index (χ4n) is 1.22. The molecule has 0 saturated heterocycles. The second-order valence-electron chi connectivity index (χ2n) is 3.18. The molecular formula is C11H6Br2FNOS. The molecule has 0 saturated carbocycles. The van der Waals surface area contributed by atoms with Crippen LogP contribution in [-0.2, 0) is 0 Å². The van der Waals surface area contributed by atoms with E-state index >= 15 is 0 Å². The molecule has 88 valence electrons. The lowest BCUT2D eigenvalue weighted by molar-refractivity contribution is 0.103. The highest BCUT2D eigenvalue weighted by Gasteiger charge is 2.12. The van der Waals surface area contributed by atoms with Gasteiger partial charge < -0.3 is 5.32 Å². The number of anilines is 1. The summed E-state index contributed by atoms with van der Waals surface area (Å²) in [6.45, 7) is 0. The molecule has 1 amide bonds. The molecule has 0 aliphatic heterocycles. The van der Waals surface area contributed by atoms with Crippen molar-refractivity contribution in [2.45, 2.75) is 0 Å². The van der Waals surface area contributed by atoms with Crippen molar-refractivity contribution in [1.29, 1.82) is 0 Å². The first kappa shape index (κ1) is 12.7. The van der Waals surface area contributed by atoms with Crippen LogP contribution in [0, 0.1) is 5.82 Å². The summed E-state index contributed by atoms with van der Waals surface area (Å²) >= 11 is 7.69. The molecule has 0 fully saturated rings. The second-order valence-corrected chi connectivity index (χ2v) is 5.81. The van der Waals surface area contributed by atoms with Crippen LogP contribution in [0.25, 0.3) is 0 Å². The summed E-state index contributed by atoms with van der Waals surface area (Å²) < 4.78 is 14.1. The molecule has 1 N–H and O–H groups in total. The zero-order valence-electron chi connectivity index (χ0n) is 8.34. The van der Waals surface area contributed by atoms with Crippen molar-refractivity contribution in [3.8, 4) is 0 Å². The number of benzene rings is 1. The van der Waals surface area contributed by atoms with Crippen LogP contribution in [0.3, 0.4) is 0 Å². The fourth-order valence-corrected chi connectivity index (χ4v) is 3.04. The van der Waals surface area contributed by atoms with Crippen LogP contribution < -0.4 is 5.32 Å². The second kappa shape index (κ2) is 5.29. The number of halogens is 3.